The number of benzene rings is 1. The number of ether oxygens (including phenoxy) is 3. The number of amides is 3. The van der Waals surface area contributed by atoms with Crippen LogP contribution in [0, 0.1) is 11.8 Å². The molecule has 0 saturated heterocycles. The van der Waals surface area contributed by atoms with Gasteiger partial charge in [-0.1, -0.05) is 44.9 Å². The molecule has 0 aromatic heterocycles. The molecule has 2 atom stereocenters. The number of nitrogens with zero attached hydrogens (tertiary/aromatic N) is 3. The smallest absolute Gasteiger partial charge is 0.308 e. The second kappa shape index (κ2) is 18.6. The molecular weight excluding hydrogens is 508 g/mol. The van der Waals surface area contributed by atoms with Crippen molar-refractivity contribution in [1.82, 2.24) is 10.6 Å². The molecule has 3 N–H and O–H groups in total. The van der Waals surface area contributed by atoms with Crippen molar-refractivity contribution in [2.75, 3.05) is 38.3 Å². The Morgan fingerprint density at radius 3 is 2.13 bits per heavy atom. The van der Waals surface area contributed by atoms with Crippen molar-refractivity contribution in [2.45, 2.75) is 59.7 Å². The number of azide groups is 1. The summed E-state index contributed by atoms with van der Waals surface area (Å²) in [6, 6.07) is 5.15. The van der Waals surface area contributed by atoms with Crippen molar-refractivity contribution in [3.05, 3.63) is 40.3 Å². The number of carbonyl (C=O) groups excluding carboxylic acids is 4. The topological polar surface area (TPSA) is 181 Å². The Morgan fingerprint density at radius 1 is 0.897 bits per heavy atom. The standard InChI is InChI=1S/C26H40N6O7/c1-17(2)23(31-22(33)10-12-37-14-15-38-13-11-28-32-27)25(35)29-19(5)24(34)30-21-8-6-20(7-9-21)16-39-26(36)18(3)4/h6-9,17-19,23H,10-16H2,1-5H3,(H,29,35)(H,30,34)(H,31,33)/t19-,23-/m0/s1. The lowest BCUT2D eigenvalue weighted by Crippen LogP contribution is -2.53. The van der Waals surface area contributed by atoms with Crippen LogP contribution in [0.3, 0.4) is 0 Å². The highest BCUT2D eigenvalue weighted by Crippen LogP contribution is 2.12. The lowest BCUT2D eigenvalue weighted by atomic mass is 10.0. The Labute approximate surface area is 229 Å². The number of hydrogen-bond acceptors (Lipinski definition) is 8. The highest BCUT2D eigenvalue weighted by atomic mass is 16.5. The average molecular weight is 549 g/mol. The molecule has 1 aromatic rings. The zero-order chi connectivity index (χ0) is 29.2. The van der Waals surface area contributed by atoms with Crippen molar-refractivity contribution in [2.24, 2.45) is 17.0 Å². The van der Waals surface area contributed by atoms with Gasteiger partial charge in [0.05, 0.1) is 32.3 Å². The van der Waals surface area contributed by atoms with Crippen molar-refractivity contribution < 1.29 is 33.4 Å². The first-order valence-corrected chi connectivity index (χ1v) is 12.9. The van der Waals surface area contributed by atoms with E-state index in [-0.39, 0.29) is 56.5 Å². The summed E-state index contributed by atoms with van der Waals surface area (Å²) in [6.07, 6.45) is 0.0535. The Bertz CT molecular complexity index is 978. The first-order chi connectivity index (χ1) is 18.5. The first kappa shape index (κ1) is 33.4. The Morgan fingerprint density at radius 2 is 1.54 bits per heavy atom. The van der Waals surface area contributed by atoms with Crippen LogP contribution in [-0.2, 0) is 40.0 Å². The normalized spacial score (nSPS) is 12.3. The fourth-order valence-electron chi connectivity index (χ4n) is 3.04. The molecule has 3 amide bonds. The summed E-state index contributed by atoms with van der Waals surface area (Å²) in [5, 5.41) is 11.4. The third-order valence-electron chi connectivity index (χ3n) is 5.34. The predicted octanol–water partition coefficient (Wildman–Crippen LogP) is 2.70. The molecule has 0 aliphatic carbocycles. The van der Waals surface area contributed by atoms with Crippen LogP contribution >= 0.6 is 0 Å². The molecular formula is C26H40N6O7. The second-order valence-electron chi connectivity index (χ2n) is 9.40. The molecule has 1 aromatic carbocycles. The van der Waals surface area contributed by atoms with Crippen LogP contribution in [0.25, 0.3) is 10.4 Å². The van der Waals surface area contributed by atoms with Gasteiger partial charge >= 0.3 is 5.97 Å². The molecule has 0 saturated carbocycles. The van der Waals surface area contributed by atoms with Crippen LogP contribution in [0.15, 0.2) is 29.4 Å². The second-order valence-corrected chi connectivity index (χ2v) is 9.40. The maximum atomic E-state index is 12.8. The Kier molecular flexibility index (Phi) is 15.9. The molecule has 0 bridgehead atoms. The predicted molar refractivity (Wildman–Crippen MR) is 144 cm³/mol. The van der Waals surface area contributed by atoms with Crippen LogP contribution in [0.5, 0.6) is 0 Å². The number of nitrogens with one attached hydrogen (secondary N) is 3. The van der Waals surface area contributed by atoms with E-state index in [0.717, 1.165) is 5.56 Å². The zero-order valence-corrected chi connectivity index (χ0v) is 23.3. The quantitative estimate of drug-likeness (QED) is 0.0828. The monoisotopic (exact) mass is 548 g/mol. The SMILES string of the molecule is CC(C)C(=O)OCc1ccc(NC(=O)[C@H](C)NC(=O)[C@@H](NC(=O)CCOCCOCCN=[N+]=[N-])C(C)C)cc1. The van der Waals surface area contributed by atoms with Crippen molar-refractivity contribution in [1.29, 1.82) is 0 Å². The fraction of sp³-hybridized carbons (Fsp3) is 0.615. The number of carbonyl (C=O) groups is 4. The molecule has 0 fully saturated rings. The minimum Gasteiger partial charge on any atom is -0.461 e. The van der Waals surface area contributed by atoms with Gasteiger partial charge < -0.3 is 30.2 Å². The van der Waals surface area contributed by atoms with Crippen LogP contribution in [0.4, 0.5) is 5.69 Å². The van der Waals surface area contributed by atoms with Gasteiger partial charge in [-0.15, -0.1) is 0 Å². The molecule has 0 unspecified atom stereocenters. The summed E-state index contributed by atoms with van der Waals surface area (Å²) in [5.74, 6) is -1.97. The summed E-state index contributed by atoms with van der Waals surface area (Å²) in [4.78, 5) is 51.9. The molecule has 39 heavy (non-hydrogen) atoms. The highest BCUT2D eigenvalue weighted by Gasteiger charge is 2.27. The summed E-state index contributed by atoms with van der Waals surface area (Å²) in [5.41, 5.74) is 9.48. The van der Waals surface area contributed by atoms with E-state index in [1.54, 1.807) is 58.9 Å². The Balaban J connectivity index is 2.45. The van der Waals surface area contributed by atoms with E-state index in [1.807, 2.05) is 0 Å². The van der Waals surface area contributed by atoms with E-state index < -0.39 is 23.9 Å². The number of anilines is 1. The van der Waals surface area contributed by atoms with Gasteiger partial charge in [-0.2, -0.15) is 0 Å². The summed E-state index contributed by atoms with van der Waals surface area (Å²) < 4.78 is 15.7. The van der Waals surface area contributed by atoms with E-state index in [2.05, 4.69) is 26.0 Å². The lowest BCUT2D eigenvalue weighted by molar-refractivity contribution is -0.148. The maximum Gasteiger partial charge on any atom is 0.308 e. The van der Waals surface area contributed by atoms with Crippen LogP contribution < -0.4 is 16.0 Å². The molecule has 0 spiro atoms. The number of rotatable bonds is 18. The van der Waals surface area contributed by atoms with Gasteiger partial charge in [-0.05, 0) is 36.1 Å². The highest BCUT2D eigenvalue weighted by molar-refractivity contribution is 5.98. The maximum absolute atomic E-state index is 12.8. The van der Waals surface area contributed by atoms with E-state index in [0.29, 0.717) is 18.9 Å². The molecule has 0 heterocycles. The van der Waals surface area contributed by atoms with Crippen molar-refractivity contribution in [3.8, 4) is 0 Å². The third-order valence-corrected chi connectivity index (χ3v) is 5.34. The fourth-order valence-corrected chi connectivity index (χ4v) is 3.04. The zero-order valence-electron chi connectivity index (χ0n) is 23.3. The minimum absolute atomic E-state index is 0.0535. The molecule has 1 rings (SSSR count). The molecule has 0 aliphatic rings. The third kappa shape index (κ3) is 14.2. The number of esters is 1. The molecule has 0 radical (unpaired) electrons. The van der Waals surface area contributed by atoms with Crippen LogP contribution in [-0.4, -0.2) is 68.7 Å². The molecule has 216 valence electrons. The van der Waals surface area contributed by atoms with Gasteiger partial charge in [0.2, 0.25) is 17.7 Å². The molecule has 0 aliphatic heterocycles. The largest absolute Gasteiger partial charge is 0.461 e. The van der Waals surface area contributed by atoms with Gasteiger partial charge in [0, 0.05) is 23.6 Å². The molecule has 13 nitrogen and oxygen atoms in total. The van der Waals surface area contributed by atoms with Crippen molar-refractivity contribution in [3.63, 3.8) is 0 Å². The van der Waals surface area contributed by atoms with Crippen LogP contribution in [0.1, 0.15) is 46.6 Å². The minimum atomic E-state index is -0.857. The van der Waals surface area contributed by atoms with Crippen LogP contribution in [0.2, 0.25) is 0 Å². The molecule has 13 heteroatoms. The van der Waals surface area contributed by atoms with Crippen molar-refractivity contribution >= 4 is 29.4 Å². The van der Waals surface area contributed by atoms with E-state index in [1.165, 1.54) is 0 Å². The Hall–Kier alpha value is -3.67. The van der Waals surface area contributed by atoms with Gasteiger partial charge in [0.1, 0.15) is 18.7 Å². The average Bonchev–Trinajstić information content (AvgIpc) is 2.89. The number of hydrogen-bond donors (Lipinski definition) is 3. The van der Waals surface area contributed by atoms with E-state index in [4.69, 9.17) is 19.7 Å². The van der Waals surface area contributed by atoms with E-state index in [9.17, 15) is 19.2 Å². The lowest BCUT2D eigenvalue weighted by Gasteiger charge is -2.24. The first-order valence-electron chi connectivity index (χ1n) is 12.9. The van der Waals surface area contributed by atoms with Gasteiger partial charge in [0.25, 0.3) is 0 Å². The van der Waals surface area contributed by atoms with Gasteiger partial charge in [-0.3, -0.25) is 19.2 Å². The summed E-state index contributed by atoms with van der Waals surface area (Å²) >= 11 is 0. The van der Waals surface area contributed by atoms with E-state index >= 15 is 0 Å². The summed E-state index contributed by atoms with van der Waals surface area (Å²) in [6.45, 7) is 10.0. The summed E-state index contributed by atoms with van der Waals surface area (Å²) in [7, 11) is 0. The van der Waals surface area contributed by atoms with Gasteiger partial charge in [-0.25, -0.2) is 0 Å². The van der Waals surface area contributed by atoms with Gasteiger partial charge in [0.15, 0.2) is 0 Å².